The van der Waals surface area contributed by atoms with Gasteiger partial charge >= 0.3 is 11.9 Å². The van der Waals surface area contributed by atoms with E-state index >= 15 is 0 Å². The molecular formula is C20H17NO5S. The summed E-state index contributed by atoms with van der Waals surface area (Å²) in [5.74, 6) is -0.203. The SMILES string of the molecule is COC(=O)c1cccc(COC(=O)c2csc(-c3ccc(OC)cc3)n2)c1. The lowest BCUT2D eigenvalue weighted by Gasteiger charge is -2.05. The Morgan fingerprint density at radius 2 is 1.81 bits per heavy atom. The van der Waals surface area contributed by atoms with Crippen molar-refractivity contribution in [3.05, 3.63) is 70.7 Å². The molecule has 0 saturated heterocycles. The van der Waals surface area contributed by atoms with E-state index in [-0.39, 0.29) is 12.3 Å². The van der Waals surface area contributed by atoms with Crippen molar-refractivity contribution in [2.45, 2.75) is 6.61 Å². The number of rotatable bonds is 6. The van der Waals surface area contributed by atoms with E-state index in [1.807, 2.05) is 24.3 Å². The third-order valence-electron chi connectivity index (χ3n) is 3.77. The minimum Gasteiger partial charge on any atom is -0.497 e. The van der Waals surface area contributed by atoms with Crippen LogP contribution in [-0.2, 0) is 16.1 Å². The van der Waals surface area contributed by atoms with Crippen molar-refractivity contribution < 1.29 is 23.8 Å². The predicted octanol–water partition coefficient (Wildman–Crippen LogP) is 3.96. The average molecular weight is 383 g/mol. The zero-order chi connectivity index (χ0) is 19.2. The normalized spacial score (nSPS) is 10.3. The Labute approximate surface area is 160 Å². The fraction of sp³-hybridized carbons (Fsp3) is 0.150. The number of methoxy groups -OCH3 is 2. The first-order valence-corrected chi connectivity index (χ1v) is 8.93. The van der Waals surface area contributed by atoms with E-state index in [0.29, 0.717) is 11.1 Å². The molecule has 0 amide bonds. The molecule has 0 atom stereocenters. The Bertz CT molecular complexity index is 949. The van der Waals surface area contributed by atoms with E-state index in [4.69, 9.17) is 9.47 Å². The van der Waals surface area contributed by atoms with Gasteiger partial charge in [0.1, 0.15) is 17.4 Å². The fourth-order valence-electron chi connectivity index (χ4n) is 2.36. The van der Waals surface area contributed by atoms with Gasteiger partial charge < -0.3 is 14.2 Å². The van der Waals surface area contributed by atoms with Gasteiger partial charge in [-0.3, -0.25) is 0 Å². The van der Waals surface area contributed by atoms with Gasteiger partial charge in [0, 0.05) is 10.9 Å². The van der Waals surface area contributed by atoms with Crippen LogP contribution in [0.15, 0.2) is 53.9 Å². The number of hydrogen-bond acceptors (Lipinski definition) is 7. The van der Waals surface area contributed by atoms with E-state index in [2.05, 4.69) is 9.72 Å². The van der Waals surface area contributed by atoms with Gasteiger partial charge in [0.2, 0.25) is 0 Å². The van der Waals surface area contributed by atoms with Crippen molar-refractivity contribution in [2.24, 2.45) is 0 Å². The van der Waals surface area contributed by atoms with Crippen LogP contribution in [0.5, 0.6) is 5.75 Å². The van der Waals surface area contributed by atoms with Crippen LogP contribution >= 0.6 is 11.3 Å². The first-order chi connectivity index (χ1) is 13.1. The first-order valence-electron chi connectivity index (χ1n) is 8.05. The molecule has 0 bridgehead atoms. The Morgan fingerprint density at radius 3 is 2.52 bits per heavy atom. The number of nitrogens with zero attached hydrogens (tertiary/aromatic N) is 1. The summed E-state index contributed by atoms with van der Waals surface area (Å²) < 4.78 is 15.1. The molecule has 0 radical (unpaired) electrons. The second kappa shape index (κ2) is 8.46. The summed E-state index contributed by atoms with van der Waals surface area (Å²) in [6.07, 6.45) is 0. The number of aromatic nitrogens is 1. The summed E-state index contributed by atoms with van der Waals surface area (Å²) in [4.78, 5) is 28.1. The van der Waals surface area contributed by atoms with Crippen LogP contribution in [0.1, 0.15) is 26.4 Å². The number of ether oxygens (including phenoxy) is 3. The molecule has 0 unspecified atom stereocenters. The molecule has 27 heavy (non-hydrogen) atoms. The van der Waals surface area contributed by atoms with Crippen molar-refractivity contribution in [2.75, 3.05) is 14.2 Å². The zero-order valence-electron chi connectivity index (χ0n) is 14.8. The maximum atomic E-state index is 12.2. The van der Waals surface area contributed by atoms with Crippen LogP contribution in [-0.4, -0.2) is 31.1 Å². The highest BCUT2D eigenvalue weighted by atomic mass is 32.1. The number of esters is 2. The van der Waals surface area contributed by atoms with E-state index in [9.17, 15) is 9.59 Å². The molecule has 1 heterocycles. The molecule has 0 spiro atoms. The maximum Gasteiger partial charge on any atom is 0.358 e. The van der Waals surface area contributed by atoms with Gasteiger partial charge in [-0.1, -0.05) is 12.1 Å². The van der Waals surface area contributed by atoms with E-state index in [1.165, 1.54) is 18.4 Å². The van der Waals surface area contributed by atoms with Gasteiger partial charge in [-0.05, 0) is 42.0 Å². The van der Waals surface area contributed by atoms with Crippen LogP contribution in [0.25, 0.3) is 10.6 Å². The molecule has 0 aliphatic heterocycles. The molecule has 3 rings (SSSR count). The second-order valence-corrected chi connectivity index (χ2v) is 6.39. The van der Waals surface area contributed by atoms with Gasteiger partial charge in [0.25, 0.3) is 0 Å². The molecule has 138 valence electrons. The third-order valence-corrected chi connectivity index (χ3v) is 4.66. The Kier molecular flexibility index (Phi) is 5.83. The molecule has 0 saturated carbocycles. The minimum absolute atomic E-state index is 0.0407. The van der Waals surface area contributed by atoms with Crippen LogP contribution in [0.3, 0.4) is 0 Å². The largest absolute Gasteiger partial charge is 0.497 e. The Balaban J connectivity index is 1.65. The van der Waals surface area contributed by atoms with Gasteiger partial charge in [-0.25, -0.2) is 14.6 Å². The monoisotopic (exact) mass is 383 g/mol. The van der Waals surface area contributed by atoms with E-state index in [1.54, 1.807) is 36.8 Å². The first kappa shape index (κ1) is 18.6. The molecule has 0 aliphatic rings. The number of benzene rings is 2. The van der Waals surface area contributed by atoms with Crippen LogP contribution < -0.4 is 4.74 Å². The smallest absolute Gasteiger partial charge is 0.358 e. The quantitative estimate of drug-likeness (QED) is 0.600. The number of thiazole rings is 1. The van der Waals surface area contributed by atoms with Gasteiger partial charge in [-0.15, -0.1) is 11.3 Å². The molecule has 1 aromatic heterocycles. The molecule has 2 aromatic carbocycles. The number of carbonyl (C=O) groups is 2. The standard InChI is InChI=1S/C20H17NO5S/c1-24-16-8-6-14(7-9-16)18-21-17(12-27-18)20(23)26-11-13-4-3-5-15(10-13)19(22)25-2/h3-10,12H,11H2,1-2H3. The molecule has 6 nitrogen and oxygen atoms in total. The van der Waals surface area contributed by atoms with Crippen molar-refractivity contribution in [3.8, 4) is 16.3 Å². The fourth-order valence-corrected chi connectivity index (χ4v) is 3.16. The molecule has 3 aromatic rings. The van der Waals surface area contributed by atoms with Gasteiger partial charge in [-0.2, -0.15) is 0 Å². The average Bonchev–Trinajstić information content (AvgIpc) is 3.22. The molecular weight excluding hydrogens is 366 g/mol. The van der Waals surface area contributed by atoms with E-state index in [0.717, 1.165) is 16.3 Å². The van der Waals surface area contributed by atoms with Crippen molar-refractivity contribution in [1.82, 2.24) is 4.98 Å². The van der Waals surface area contributed by atoms with Crippen LogP contribution in [0.4, 0.5) is 0 Å². The van der Waals surface area contributed by atoms with Crippen molar-refractivity contribution in [3.63, 3.8) is 0 Å². The highest BCUT2D eigenvalue weighted by Crippen LogP contribution is 2.26. The summed E-state index contributed by atoms with van der Waals surface area (Å²) in [5.41, 5.74) is 2.24. The van der Waals surface area contributed by atoms with Crippen LogP contribution in [0, 0.1) is 0 Å². The molecule has 0 aliphatic carbocycles. The highest BCUT2D eigenvalue weighted by molar-refractivity contribution is 7.13. The topological polar surface area (TPSA) is 74.7 Å². The summed E-state index contributed by atoms with van der Waals surface area (Å²) in [7, 11) is 2.92. The second-order valence-electron chi connectivity index (χ2n) is 5.53. The summed E-state index contributed by atoms with van der Waals surface area (Å²) >= 11 is 1.36. The summed E-state index contributed by atoms with van der Waals surface area (Å²) in [6, 6.07) is 14.2. The number of carbonyl (C=O) groups excluding carboxylic acids is 2. The third kappa shape index (κ3) is 4.51. The van der Waals surface area contributed by atoms with Gasteiger partial charge in [0.15, 0.2) is 5.69 Å². The highest BCUT2D eigenvalue weighted by Gasteiger charge is 2.14. The van der Waals surface area contributed by atoms with Crippen molar-refractivity contribution in [1.29, 1.82) is 0 Å². The molecule has 0 fully saturated rings. The lowest BCUT2D eigenvalue weighted by molar-refractivity contribution is 0.0467. The lowest BCUT2D eigenvalue weighted by Crippen LogP contribution is -2.07. The Morgan fingerprint density at radius 1 is 1.04 bits per heavy atom. The Hall–Kier alpha value is -3.19. The molecule has 7 heteroatoms. The molecule has 0 N–H and O–H groups in total. The minimum atomic E-state index is -0.519. The summed E-state index contributed by atoms with van der Waals surface area (Å²) in [6.45, 7) is 0.0407. The maximum absolute atomic E-state index is 12.2. The van der Waals surface area contributed by atoms with Crippen molar-refractivity contribution >= 4 is 23.3 Å². The van der Waals surface area contributed by atoms with Crippen LogP contribution in [0.2, 0.25) is 0 Å². The number of hydrogen-bond donors (Lipinski definition) is 0. The lowest BCUT2D eigenvalue weighted by atomic mass is 10.1. The zero-order valence-corrected chi connectivity index (χ0v) is 15.6. The predicted molar refractivity (Wildman–Crippen MR) is 101 cm³/mol. The summed E-state index contributed by atoms with van der Waals surface area (Å²) in [5, 5.41) is 2.38. The van der Waals surface area contributed by atoms with Gasteiger partial charge in [0.05, 0.1) is 19.8 Å². The van der Waals surface area contributed by atoms with E-state index < -0.39 is 11.9 Å².